The molecule has 2 aromatic carbocycles. The second-order valence-electron chi connectivity index (χ2n) is 13.3. The Bertz CT molecular complexity index is 1610. The first-order valence-corrected chi connectivity index (χ1v) is 15.9. The van der Waals surface area contributed by atoms with Crippen molar-refractivity contribution in [2.45, 2.75) is 64.8 Å². The fraction of sp³-hybridized carbons (Fsp3) is 0.514. The van der Waals surface area contributed by atoms with Crippen molar-refractivity contribution in [3.05, 3.63) is 63.8 Å². The number of hydrogen-bond acceptors (Lipinski definition) is 6. The number of rotatable bonds is 6. The number of anilines is 1. The molecule has 0 bridgehead atoms. The molecule has 8 heteroatoms. The molecule has 1 amide bonds. The maximum atomic E-state index is 14.0. The lowest BCUT2D eigenvalue weighted by Gasteiger charge is -2.39. The zero-order chi connectivity index (χ0) is 30.5. The van der Waals surface area contributed by atoms with Gasteiger partial charge in [0.05, 0.1) is 17.2 Å². The molecule has 3 aromatic rings. The fourth-order valence-electron chi connectivity index (χ4n) is 7.34. The Hall–Kier alpha value is -3.67. The van der Waals surface area contributed by atoms with Gasteiger partial charge in [0.1, 0.15) is 0 Å². The van der Waals surface area contributed by atoms with E-state index < -0.39 is 5.41 Å². The minimum Gasteiger partial charge on any atom is -0.368 e. The van der Waals surface area contributed by atoms with Crippen LogP contribution in [0.1, 0.15) is 85.3 Å². The minimum atomic E-state index is -0.417. The molecule has 1 aliphatic carbocycles. The predicted molar refractivity (Wildman–Crippen MR) is 171 cm³/mol. The van der Waals surface area contributed by atoms with E-state index in [1.54, 1.807) is 6.07 Å². The van der Waals surface area contributed by atoms with Gasteiger partial charge >= 0.3 is 0 Å². The van der Waals surface area contributed by atoms with Crippen LogP contribution in [0.25, 0.3) is 10.9 Å². The number of fused-ring (bicyclic) bond motifs is 4. The molecule has 6 rings (SSSR count). The summed E-state index contributed by atoms with van der Waals surface area (Å²) in [7, 11) is 0. The van der Waals surface area contributed by atoms with Crippen molar-refractivity contribution < 1.29 is 9.59 Å². The highest BCUT2D eigenvalue weighted by Gasteiger charge is 2.40. The molecule has 2 fully saturated rings. The Morgan fingerprint density at radius 1 is 1.14 bits per heavy atom. The van der Waals surface area contributed by atoms with E-state index in [4.69, 9.17) is 5.73 Å². The first-order valence-electron chi connectivity index (χ1n) is 15.9. The molecular weight excluding hydrogens is 536 g/mol. The first-order chi connectivity index (χ1) is 20.6. The number of hydrogen-bond donors (Lipinski definition) is 2. The van der Waals surface area contributed by atoms with E-state index in [1.165, 1.54) is 0 Å². The summed E-state index contributed by atoms with van der Waals surface area (Å²) in [5.74, 6) is 0.861. The van der Waals surface area contributed by atoms with E-state index in [9.17, 15) is 14.9 Å². The Morgan fingerprint density at radius 2 is 1.91 bits per heavy atom. The number of carbonyl (C=O) groups is 2. The Kier molecular flexibility index (Phi) is 7.82. The molecule has 8 nitrogen and oxygen atoms in total. The SMILES string of the molecule is CCc1cc2c(cc1N1CCN(C(=O)CCCN3CC[C@@H](C)[C@@H](N)C3)CC1)C(C)(C)c1[nH]c3cc(C#N)ccc3c1C2=O. The number of nitrogens with two attached hydrogens (primary N) is 1. The average Bonchev–Trinajstić information content (AvgIpc) is 3.41. The van der Waals surface area contributed by atoms with Gasteiger partial charge in [-0.25, -0.2) is 0 Å². The zero-order valence-electron chi connectivity index (χ0n) is 26.0. The minimum absolute atomic E-state index is 0.0398. The number of likely N-dealkylation sites (tertiary alicyclic amines) is 1. The number of aromatic amines is 1. The van der Waals surface area contributed by atoms with Gasteiger partial charge in [-0.3, -0.25) is 9.59 Å². The van der Waals surface area contributed by atoms with Crippen LogP contribution in [0.4, 0.5) is 5.69 Å². The summed E-state index contributed by atoms with van der Waals surface area (Å²) >= 11 is 0. The number of carbonyl (C=O) groups excluding carboxylic acids is 2. The van der Waals surface area contributed by atoms with Crippen LogP contribution in [0.5, 0.6) is 0 Å². The highest BCUT2D eigenvalue weighted by Crippen LogP contribution is 2.45. The molecule has 3 N–H and O–H groups in total. The summed E-state index contributed by atoms with van der Waals surface area (Å²) in [6, 6.07) is 12.3. The van der Waals surface area contributed by atoms with E-state index in [2.05, 4.69) is 60.7 Å². The summed E-state index contributed by atoms with van der Waals surface area (Å²) in [4.78, 5) is 37.4. The van der Waals surface area contributed by atoms with Crippen molar-refractivity contribution in [1.29, 1.82) is 5.26 Å². The summed E-state index contributed by atoms with van der Waals surface area (Å²) in [6.07, 6.45) is 3.42. The average molecular weight is 581 g/mol. The molecule has 3 aliphatic rings. The normalized spacial score (nSPS) is 21.9. The Balaban J connectivity index is 1.16. The number of aromatic nitrogens is 1. The van der Waals surface area contributed by atoms with Crippen molar-refractivity contribution in [2.24, 2.45) is 11.7 Å². The van der Waals surface area contributed by atoms with Gasteiger partial charge in [-0.1, -0.05) is 33.8 Å². The summed E-state index contributed by atoms with van der Waals surface area (Å²) in [5.41, 5.74) is 13.0. The number of nitrogens with one attached hydrogen (secondary N) is 1. The van der Waals surface area contributed by atoms with Gasteiger partial charge in [0.15, 0.2) is 5.78 Å². The monoisotopic (exact) mass is 580 g/mol. The van der Waals surface area contributed by atoms with Crippen LogP contribution in [-0.2, 0) is 16.6 Å². The third-order valence-electron chi connectivity index (χ3n) is 10.2. The fourth-order valence-corrected chi connectivity index (χ4v) is 7.34. The molecular formula is C35H44N6O2. The van der Waals surface area contributed by atoms with E-state index >= 15 is 0 Å². The van der Waals surface area contributed by atoms with Gasteiger partial charge in [-0.05, 0) is 73.7 Å². The van der Waals surface area contributed by atoms with Crippen LogP contribution in [-0.4, -0.2) is 78.3 Å². The smallest absolute Gasteiger partial charge is 0.222 e. The Labute approximate surface area is 254 Å². The van der Waals surface area contributed by atoms with Crippen LogP contribution in [0, 0.1) is 17.2 Å². The topological polar surface area (TPSA) is 109 Å². The molecule has 226 valence electrons. The standard InChI is InChI=1S/C35H44N6O2/c1-5-24-18-26-27(35(3,4)34-32(33(26)43)25-9-8-23(20-36)17-29(25)38-34)19-30(24)40-13-15-41(16-14-40)31(42)7-6-11-39-12-10-22(2)28(37)21-39/h8-9,17-19,22,28,38H,5-7,10-16,21,37H2,1-4H3/t22-,28+/m1/s1. The molecule has 2 saturated heterocycles. The van der Waals surface area contributed by atoms with Gasteiger partial charge in [-0.2, -0.15) is 5.26 Å². The molecule has 43 heavy (non-hydrogen) atoms. The van der Waals surface area contributed by atoms with Gasteiger partial charge in [0.2, 0.25) is 5.91 Å². The largest absolute Gasteiger partial charge is 0.368 e. The van der Waals surface area contributed by atoms with Crippen LogP contribution < -0.4 is 10.6 Å². The zero-order valence-corrected chi connectivity index (χ0v) is 26.0. The predicted octanol–water partition coefficient (Wildman–Crippen LogP) is 4.57. The van der Waals surface area contributed by atoms with Crippen molar-refractivity contribution in [3.63, 3.8) is 0 Å². The Morgan fingerprint density at radius 3 is 2.60 bits per heavy atom. The lowest BCUT2D eigenvalue weighted by molar-refractivity contribution is -0.131. The van der Waals surface area contributed by atoms with E-state index in [0.29, 0.717) is 31.0 Å². The molecule has 0 saturated carbocycles. The van der Waals surface area contributed by atoms with Gasteiger partial charge < -0.3 is 25.4 Å². The van der Waals surface area contributed by atoms with Crippen molar-refractivity contribution in [1.82, 2.24) is 14.8 Å². The lowest BCUT2D eigenvalue weighted by Crippen LogP contribution is -2.49. The highest BCUT2D eigenvalue weighted by atomic mass is 16.2. The summed E-state index contributed by atoms with van der Waals surface area (Å²) < 4.78 is 0. The van der Waals surface area contributed by atoms with Crippen molar-refractivity contribution in [2.75, 3.05) is 50.7 Å². The number of piperazine rings is 1. The maximum absolute atomic E-state index is 14.0. The van der Waals surface area contributed by atoms with Gasteiger partial charge in [0, 0.05) is 78.4 Å². The van der Waals surface area contributed by atoms with Crippen LogP contribution in [0.3, 0.4) is 0 Å². The molecule has 0 radical (unpaired) electrons. The molecule has 1 aromatic heterocycles. The van der Waals surface area contributed by atoms with E-state index in [0.717, 1.165) is 96.5 Å². The van der Waals surface area contributed by atoms with Gasteiger partial charge in [0.25, 0.3) is 0 Å². The second kappa shape index (κ2) is 11.4. The van der Waals surface area contributed by atoms with Crippen molar-refractivity contribution in [3.8, 4) is 6.07 Å². The molecule has 2 aliphatic heterocycles. The number of aryl methyl sites for hydroxylation is 1. The van der Waals surface area contributed by atoms with E-state index in [1.807, 2.05) is 17.0 Å². The summed E-state index contributed by atoms with van der Waals surface area (Å²) in [5, 5.41) is 10.3. The van der Waals surface area contributed by atoms with E-state index in [-0.39, 0.29) is 17.7 Å². The second-order valence-corrected chi connectivity index (χ2v) is 13.3. The highest BCUT2D eigenvalue weighted by molar-refractivity contribution is 6.20. The van der Waals surface area contributed by atoms with Crippen LogP contribution >= 0.6 is 0 Å². The number of H-pyrrole nitrogens is 1. The quantitative estimate of drug-likeness (QED) is 0.442. The number of nitrogens with zero attached hydrogens (tertiary/aromatic N) is 4. The lowest BCUT2D eigenvalue weighted by atomic mass is 9.70. The number of amides is 1. The summed E-state index contributed by atoms with van der Waals surface area (Å²) in [6.45, 7) is 14.6. The van der Waals surface area contributed by atoms with Crippen molar-refractivity contribution >= 4 is 28.3 Å². The number of ketones is 1. The molecule has 0 spiro atoms. The number of benzene rings is 2. The number of piperidine rings is 1. The third-order valence-corrected chi connectivity index (χ3v) is 10.2. The molecule has 2 atom stereocenters. The first kappa shape index (κ1) is 29.4. The maximum Gasteiger partial charge on any atom is 0.222 e. The number of nitriles is 1. The molecule has 3 heterocycles. The van der Waals surface area contributed by atoms with Crippen LogP contribution in [0.15, 0.2) is 30.3 Å². The third kappa shape index (κ3) is 5.23. The van der Waals surface area contributed by atoms with Gasteiger partial charge in [-0.15, -0.1) is 0 Å². The molecule has 0 unspecified atom stereocenters. The van der Waals surface area contributed by atoms with Crippen LogP contribution in [0.2, 0.25) is 0 Å².